The van der Waals surface area contributed by atoms with Gasteiger partial charge >= 0.3 is 0 Å². The molecule has 0 bridgehead atoms. The van der Waals surface area contributed by atoms with Crippen molar-refractivity contribution in [2.75, 3.05) is 11.9 Å². The van der Waals surface area contributed by atoms with Crippen LogP contribution in [0.1, 0.15) is 24.8 Å². The van der Waals surface area contributed by atoms with Crippen LogP contribution in [0.4, 0.5) is 0 Å². The van der Waals surface area contributed by atoms with Crippen LogP contribution >= 0.6 is 15.9 Å². The Bertz CT molecular complexity index is 552. The molecule has 0 aliphatic heterocycles. The molecule has 1 N–H and O–H groups in total. The third-order valence-electron chi connectivity index (χ3n) is 3.28. The molecule has 0 saturated heterocycles. The number of unbranched alkanes of at least 4 members (excludes halogenated alkanes) is 2. The van der Waals surface area contributed by atoms with Gasteiger partial charge in [0.1, 0.15) is 11.5 Å². The molecule has 2 aromatic rings. The SMILES string of the molecule is Cc1c(O)ccc2cc(OCCCCCBr)ccc12. The molecule has 0 aliphatic rings. The normalized spacial score (nSPS) is 10.8. The van der Waals surface area contributed by atoms with E-state index < -0.39 is 0 Å². The zero-order valence-electron chi connectivity index (χ0n) is 11.2. The number of rotatable bonds is 6. The van der Waals surface area contributed by atoms with Gasteiger partial charge in [0.2, 0.25) is 0 Å². The van der Waals surface area contributed by atoms with E-state index >= 15 is 0 Å². The van der Waals surface area contributed by atoms with Crippen molar-refractivity contribution >= 4 is 26.7 Å². The van der Waals surface area contributed by atoms with Crippen LogP contribution in [0.3, 0.4) is 0 Å². The van der Waals surface area contributed by atoms with Crippen molar-refractivity contribution in [2.24, 2.45) is 0 Å². The Morgan fingerprint density at radius 3 is 2.74 bits per heavy atom. The zero-order valence-corrected chi connectivity index (χ0v) is 12.7. The van der Waals surface area contributed by atoms with E-state index in [1.165, 1.54) is 12.8 Å². The fraction of sp³-hybridized carbons (Fsp3) is 0.375. The van der Waals surface area contributed by atoms with Crippen LogP contribution < -0.4 is 4.74 Å². The minimum Gasteiger partial charge on any atom is -0.508 e. The number of benzene rings is 2. The minimum atomic E-state index is 0.343. The molecule has 0 heterocycles. The highest BCUT2D eigenvalue weighted by Crippen LogP contribution is 2.28. The third-order valence-corrected chi connectivity index (χ3v) is 3.84. The molecular weight excluding hydrogens is 304 g/mol. The summed E-state index contributed by atoms with van der Waals surface area (Å²) in [5, 5.41) is 12.9. The number of aromatic hydroxyl groups is 1. The summed E-state index contributed by atoms with van der Waals surface area (Å²) in [6.45, 7) is 2.69. The molecule has 0 saturated carbocycles. The Morgan fingerprint density at radius 1 is 1.11 bits per heavy atom. The lowest BCUT2D eigenvalue weighted by Gasteiger charge is -2.09. The van der Waals surface area contributed by atoms with Gasteiger partial charge in [0, 0.05) is 5.33 Å². The van der Waals surface area contributed by atoms with E-state index in [1.807, 2.05) is 31.2 Å². The summed E-state index contributed by atoms with van der Waals surface area (Å²) in [6, 6.07) is 9.68. The van der Waals surface area contributed by atoms with E-state index in [4.69, 9.17) is 4.74 Å². The predicted molar refractivity (Wildman–Crippen MR) is 83.5 cm³/mol. The Kier molecular flexibility index (Phi) is 5.08. The Balaban J connectivity index is 2.04. The van der Waals surface area contributed by atoms with Crippen LogP contribution in [-0.4, -0.2) is 17.0 Å². The molecular formula is C16H19BrO2. The van der Waals surface area contributed by atoms with Gasteiger partial charge < -0.3 is 9.84 Å². The Hall–Kier alpha value is -1.22. The molecule has 0 aliphatic carbocycles. The zero-order chi connectivity index (χ0) is 13.7. The van der Waals surface area contributed by atoms with Gasteiger partial charge in [-0.25, -0.2) is 0 Å². The Morgan fingerprint density at radius 2 is 1.95 bits per heavy atom. The topological polar surface area (TPSA) is 29.5 Å². The molecule has 0 radical (unpaired) electrons. The number of ether oxygens (including phenoxy) is 1. The molecule has 0 unspecified atom stereocenters. The number of fused-ring (bicyclic) bond motifs is 1. The van der Waals surface area contributed by atoms with Crippen LogP contribution in [0.15, 0.2) is 30.3 Å². The van der Waals surface area contributed by atoms with Gasteiger partial charge in [-0.3, -0.25) is 0 Å². The van der Waals surface area contributed by atoms with Gasteiger partial charge in [-0.2, -0.15) is 0 Å². The molecule has 19 heavy (non-hydrogen) atoms. The molecule has 0 atom stereocenters. The molecule has 0 spiro atoms. The third kappa shape index (κ3) is 3.63. The van der Waals surface area contributed by atoms with Crippen molar-refractivity contribution in [3.63, 3.8) is 0 Å². The number of hydrogen-bond donors (Lipinski definition) is 1. The highest BCUT2D eigenvalue weighted by molar-refractivity contribution is 9.09. The number of alkyl halides is 1. The number of phenolic OH excluding ortho intramolecular Hbond substituents is 1. The first-order chi connectivity index (χ1) is 9.22. The quantitative estimate of drug-likeness (QED) is 0.611. The van der Waals surface area contributed by atoms with Gasteiger partial charge in [-0.15, -0.1) is 0 Å². The molecule has 2 aromatic carbocycles. The average molecular weight is 323 g/mol. The summed E-state index contributed by atoms with van der Waals surface area (Å²) >= 11 is 3.42. The van der Waals surface area contributed by atoms with Crippen molar-refractivity contribution in [1.82, 2.24) is 0 Å². The van der Waals surface area contributed by atoms with E-state index in [1.54, 1.807) is 6.07 Å². The molecule has 102 valence electrons. The van der Waals surface area contributed by atoms with Crippen LogP contribution in [0.5, 0.6) is 11.5 Å². The predicted octanol–water partition coefficient (Wildman–Crippen LogP) is 4.80. The average Bonchev–Trinajstić information content (AvgIpc) is 2.43. The fourth-order valence-electron chi connectivity index (χ4n) is 2.11. The van der Waals surface area contributed by atoms with Crippen molar-refractivity contribution < 1.29 is 9.84 Å². The second-order valence-corrected chi connectivity index (χ2v) is 5.48. The minimum absolute atomic E-state index is 0.343. The van der Waals surface area contributed by atoms with E-state index in [0.717, 1.165) is 40.4 Å². The van der Waals surface area contributed by atoms with Gasteiger partial charge in [0.25, 0.3) is 0 Å². The second-order valence-electron chi connectivity index (χ2n) is 4.69. The first-order valence-corrected chi connectivity index (χ1v) is 7.75. The highest BCUT2D eigenvalue weighted by Gasteiger charge is 2.03. The maximum Gasteiger partial charge on any atom is 0.119 e. The summed E-state index contributed by atoms with van der Waals surface area (Å²) in [4.78, 5) is 0. The lowest BCUT2D eigenvalue weighted by Crippen LogP contribution is -1.97. The number of halogens is 1. The molecule has 3 heteroatoms. The monoisotopic (exact) mass is 322 g/mol. The van der Waals surface area contributed by atoms with Gasteiger partial charge in [-0.05, 0) is 60.7 Å². The van der Waals surface area contributed by atoms with E-state index in [2.05, 4.69) is 15.9 Å². The van der Waals surface area contributed by atoms with Crippen molar-refractivity contribution in [1.29, 1.82) is 0 Å². The van der Waals surface area contributed by atoms with E-state index in [0.29, 0.717) is 5.75 Å². The van der Waals surface area contributed by atoms with Crippen molar-refractivity contribution in [3.05, 3.63) is 35.9 Å². The lowest BCUT2D eigenvalue weighted by molar-refractivity contribution is 0.307. The van der Waals surface area contributed by atoms with Crippen LogP contribution in [0.25, 0.3) is 10.8 Å². The summed E-state index contributed by atoms with van der Waals surface area (Å²) < 4.78 is 5.75. The molecule has 0 aromatic heterocycles. The van der Waals surface area contributed by atoms with Crippen LogP contribution in [0.2, 0.25) is 0 Å². The molecule has 2 nitrogen and oxygen atoms in total. The maximum absolute atomic E-state index is 9.68. The first kappa shape index (κ1) is 14.2. The number of aryl methyl sites for hydroxylation is 1. The largest absolute Gasteiger partial charge is 0.508 e. The van der Waals surface area contributed by atoms with Crippen LogP contribution in [-0.2, 0) is 0 Å². The summed E-state index contributed by atoms with van der Waals surface area (Å²) in [6.07, 6.45) is 3.46. The van der Waals surface area contributed by atoms with Gasteiger partial charge in [0.05, 0.1) is 6.61 Å². The fourth-order valence-corrected chi connectivity index (χ4v) is 2.50. The van der Waals surface area contributed by atoms with Crippen molar-refractivity contribution in [3.8, 4) is 11.5 Å². The smallest absolute Gasteiger partial charge is 0.119 e. The lowest BCUT2D eigenvalue weighted by atomic mass is 10.0. The number of hydrogen-bond acceptors (Lipinski definition) is 2. The highest BCUT2D eigenvalue weighted by atomic mass is 79.9. The van der Waals surface area contributed by atoms with E-state index in [-0.39, 0.29) is 0 Å². The van der Waals surface area contributed by atoms with E-state index in [9.17, 15) is 5.11 Å². The Labute approximate surface area is 122 Å². The summed E-state index contributed by atoms with van der Waals surface area (Å²) in [5.41, 5.74) is 0.918. The van der Waals surface area contributed by atoms with Crippen LogP contribution in [0, 0.1) is 6.92 Å². The summed E-state index contributed by atoms with van der Waals surface area (Å²) in [7, 11) is 0. The maximum atomic E-state index is 9.68. The van der Waals surface area contributed by atoms with Crippen molar-refractivity contribution in [2.45, 2.75) is 26.2 Å². The van der Waals surface area contributed by atoms with Gasteiger partial charge in [-0.1, -0.05) is 28.1 Å². The molecule has 0 amide bonds. The first-order valence-electron chi connectivity index (χ1n) is 6.63. The second kappa shape index (κ2) is 6.80. The number of phenols is 1. The summed E-state index contributed by atoms with van der Waals surface area (Å²) in [5.74, 6) is 1.24. The standard InChI is InChI=1S/C16H19BrO2/c1-12-15-7-6-14(19-10-4-2-3-9-17)11-13(15)5-8-16(12)18/h5-8,11,18H,2-4,9-10H2,1H3. The van der Waals surface area contributed by atoms with Gasteiger partial charge in [0.15, 0.2) is 0 Å². The molecule has 2 rings (SSSR count). The molecule has 0 fully saturated rings.